The van der Waals surface area contributed by atoms with Gasteiger partial charge >= 0.3 is 0 Å². The van der Waals surface area contributed by atoms with Crippen molar-refractivity contribution in [3.63, 3.8) is 0 Å². The number of carbonyl (C=O) groups is 2. The predicted molar refractivity (Wildman–Crippen MR) is 137 cm³/mol. The Morgan fingerprint density at radius 2 is 0.853 bits per heavy atom. The second-order valence-electron chi connectivity index (χ2n) is 7.64. The number of Topliss-reactive ketones (excluding diaryl/α,β-unsaturated/α-hetero) is 2. The Hall–Kier alpha value is -3.07. The first kappa shape index (κ1) is 25.6. The number of hydrogen-bond acceptors (Lipinski definition) is 3. The van der Waals surface area contributed by atoms with Gasteiger partial charge in [-0.05, 0) is 43.3 Å². The smallest absolute Gasteiger partial charge is 0.201 e. The summed E-state index contributed by atoms with van der Waals surface area (Å²) >= 11 is 0. The standard InChI is InChI=1S/C18H15P.C11H8O3.Ag/c1-4-10-16(11-5-1)19(17-12-6-2-7-13-17)18-14-8-3-9-15-18;1-6(12)9-10(13)7-4-2-3-5-8(7)11(9)14;/h1-15H;2-5,12H,1H3;/p+1. The summed E-state index contributed by atoms with van der Waals surface area (Å²) in [7, 11) is -0.877. The van der Waals surface area contributed by atoms with Gasteiger partial charge in [0.1, 0.15) is 27.2 Å². The first-order valence-electron chi connectivity index (χ1n) is 10.7. The molecule has 5 heteroatoms. The number of carbonyl (C=O) groups excluding carboxylic acids is 2. The minimum atomic E-state index is -0.877. The van der Waals surface area contributed by atoms with E-state index in [0.717, 1.165) is 0 Å². The molecule has 173 valence electrons. The first-order valence-corrected chi connectivity index (χ1v) is 12.2. The van der Waals surface area contributed by atoms with Crippen molar-refractivity contribution in [2.45, 2.75) is 6.92 Å². The van der Waals surface area contributed by atoms with Crippen molar-refractivity contribution in [1.29, 1.82) is 0 Å². The zero-order valence-electron chi connectivity index (χ0n) is 18.5. The van der Waals surface area contributed by atoms with Gasteiger partial charge in [-0.25, -0.2) is 0 Å². The maximum Gasteiger partial charge on any atom is 0.201 e. The summed E-state index contributed by atoms with van der Waals surface area (Å²) in [5.74, 6) is -0.979. The van der Waals surface area contributed by atoms with Crippen LogP contribution in [0.15, 0.2) is 127 Å². The third kappa shape index (κ3) is 5.52. The van der Waals surface area contributed by atoms with Crippen LogP contribution in [0, 0.1) is 0 Å². The summed E-state index contributed by atoms with van der Waals surface area (Å²) in [6.45, 7) is 1.34. The summed E-state index contributed by atoms with van der Waals surface area (Å²) < 4.78 is 0. The van der Waals surface area contributed by atoms with E-state index in [-0.39, 0.29) is 45.3 Å². The maximum atomic E-state index is 11.6. The quantitative estimate of drug-likeness (QED) is 0.125. The van der Waals surface area contributed by atoms with Gasteiger partial charge < -0.3 is 5.11 Å². The van der Waals surface area contributed by atoms with Crippen molar-refractivity contribution >= 4 is 35.4 Å². The Labute approximate surface area is 216 Å². The van der Waals surface area contributed by atoms with E-state index in [1.54, 1.807) is 24.3 Å². The van der Waals surface area contributed by atoms with Gasteiger partial charge in [-0.3, -0.25) is 9.59 Å². The molecule has 5 rings (SSSR count). The van der Waals surface area contributed by atoms with Crippen molar-refractivity contribution in [2.75, 3.05) is 0 Å². The summed E-state index contributed by atoms with van der Waals surface area (Å²) in [6.07, 6.45) is 0. The average Bonchev–Trinajstić information content (AvgIpc) is 3.12. The molecule has 0 atom stereocenters. The van der Waals surface area contributed by atoms with E-state index >= 15 is 0 Å². The number of hydrogen-bond donors (Lipinski definition) is 1. The van der Waals surface area contributed by atoms with E-state index in [4.69, 9.17) is 0 Å². The molecule has 0 saturated heterocycles. The molecule has 1 radical (unpaired) electrons. The molecule has 0 aromatic heterocycles. The Kier molecular flexibility index (Phi) is 8.92. The molecular formula is C29H24AgO3P+. The van der Waals surface area contributed by atoms with Crippen LogP contribution in [0.5, 0.6) is 0 Å². The Bertz CT molecular complexity index is 1170. The van der Waals surface area contributed by atoms with E-state index < -0.39 is 7.92 Å². The summed E-state index contributed by atoms with van der Waals surface area (Å²) in [5, 5.41) is 13.5. The molecule has 0 spiro atoms. The minimum absolute atomic E-state index is 0. The number of rotatable bonds is 3. The van der Waals surface area contributed by atoms with Crippen molar-refractivity contribution in [3.05, 3.63) is 138 Å². The van der Waals surface area contributed by atoms with Crippen LogP contribution in [0.4, 0.5) is 0 Å². The maximum absolute atomic E-state index is 11.6. The van der Waals surface area contributed by atoms with Gasteiger partial charge in [-0.1, -0.05) is 78.9 Å². The van der Waals surface area contributed by atoms with Crippen LogP contribution >= 0.6 is 7.92 Å². The number of ketones is 2. The number of aliphatic hydroxyl groups is 1. The summed E-state index contributed by atoms with van der Waals surface area (Å²) in [5.41, 5.74) is 0.646. The molecule has 0 unspecified atom stereocenters. The molecule has 0 heterocycles. The third-order valence-corrected chi connectivity index (χ3v) is 8.15. The molecule has 1 aliphatic rings. The van der Waals surface area contributed by atoms with E-state index in [2.05, 4.69) is 91.0 Å². The second-order valence-corrected chi connectivity index (χ2v) is 10.1. The van der Waals surface area contributed by atoms with Crippen LogP contribution in [-0.4, -0.2) is 16.7 Å². The van der Waals surface area contributed by atoms with Gasteiger partial charge in [0.15, 0.2) is 0 Å². The van der Waals surface area contributed by atoms with Crippen LogP contribution in [0.2, 0.25) is 0 Å². The van der Waals surface area contributed by atoms with Crippen LogP contribution in [0.3, 0.4) is 0 Å². The molecule has 0 fully saturated rings. The Balaban J connectivity index is 0.000000193. The first-order chi connectivity index (χ1) is 16.1. The molecule has 0 amide bonds. The van der Waals surface area contributed by atoms with Gasteiger partial charge in [0.05, 0.1) is 7.92 Å². The SMILES string of the molecule is CC(O)=C1C(=O)c2ccccc2C1=O.[Ag].c1ccc([PH+](c2ccccc2)c2ccccc2)cc1. The Morgan fingerprint density at radius 1 is 0.559 bits per heavy atom. The molecule has 4 aromatic rings. The number of fused-ring (bicyclic) bond motifs is 1. The molecule has 34 heavy (non-hydrogen) atoms. The van der Waals surface area contributed by atoms with Crippen molar-refractivity contribution in [2.24, 2.45) is 0 Å². The second kappa shape index (κ2) is 11.9. The summed E-state index contributed by atoms with van der Waals surface area (Å²) in [6, 6.07) is 39.1. The van der Waals surface area contributed by atoms with E-state index in [0.29, 0.717) is 11.1 Å². The summed E-state index contributed by atoms with van der Waals surface area (Å²) in [4.78, 5) is 23.2. The molecule has 0 aliphatic heterocycles. The zero-order valence-corrected chi connectivity index (χ0v) is 21.0. The topological polar surface area (TPSA) is 54.4 Å². The molecule has 3 nitrogen and oxygen atoms in total. The van der Waals surface area contributed by atoms with Crippen LogP contribution in [0.25, 0.3) is 0 Å². The molecule has 0 bridgehead atoms. The molecular weight excluding hydrogens is 535 g/mol. The van der Waals surface area contributed by atoms with Crippen molar-refractivity contribution in [3.8, 4) is 0 Å². The van der Waals surface area contributed by atoms with Gasteiger partial charge in [0.25, 0.3) is 0 Å². The average molecular weight is 559 g/mol. The van der Waals surface area contributed by atoms with Gasteiger partial charge in [-0.2, -0.15) is 0 Å². The van der Waals surface area contributed by atoms with Crippen molar-refractivity contribution < 1.29 is 37.1 Å². The fourth-order valence-electron chi connectivity index (χ4n) is 3.89. The van der Waals surface area contributed by atoms with Crippen LogP contribution in [0.1, 0.15) is 27.6 Å². The van der Waals surface area contributed by atoms with Crippen LogP contribution < -0.4 is 15.9 Å². The van der Waals surface area contributed by atoms with Crippen molar-refractivity contribution in [1.82, 2.24) is 0 Å². The number of benzene rings is 4. The predicted octanol–water partition coefficient (Wildman–Crippen LogP) is 5.07. The van der Waals surface area contributed by atoms with E-state index in [9.17, 15) is 14.7 Å². The van der Waals surface area contributed by atoms with Crippen LogP contribution in [-0.2, 0) is 22.4 Å². The Morgan fingerprint density at radius 3 is 1.15 bits per heavy atom. The zero-order chi connectivity index (χ0) is 23.2. The minimum Gasteiger partial charge on any atom is -0.512 e. The van der Waals surface area contributed by atoms with E-state index in [1.165, 1.54) is 22.8 Å². The fraction of sp³-hybridized carbons (Fsp3) is 0.0345. The van der Waals surface area contributed by atoms with Gasteiger partial charge in [0, 0.05) is 33.5 Å². The fourth-order valence-corrected chi connectivity index (χ4v) is 6.47. The normalized spacial score (nSPS) is 11.9. The molecule has 1 N–H and O–H groups in total. The monoisotopic (exact) mass is 558 g/mol. The largest absolute Gasteiger partial charge is 0.512 e. The van der Waals surface area contributed by atoms with E-state index in [1.807, 2.05) is 0 Å². The number of aliphatic hydroxyl groups excluding tert-OH is 1. The molecule has 4 aromatic carbocycles. The van der Waals surface area contributed by atoms with Gasteiger partial charge in [-0.15, -0.1) is 0 Å². The molecule has 1 aliphatic carbocycles. The third-order valence-electron chi connectivity index (χ3n) is 5.42. The van der Waals surface area contributed by atoms with Gasteiger partial charge in [0.2, 0.25) is 11.6 Å². The number of allylic oxidation sites excluding steroid dienone is 2. The molecule has 0 saturated carbocycles.